The Morgan fingerprint density at radius 2 is 2.12 bits per heavy atom. The second-order valence-electron chi connectivity index (χ2n) is 6.37. The normalized spacial score (nSPS) is 21.3. The van der Waals surface area contributed by atoms with Crippen LogP contribution in [0.5, 0.6) is 5.75 Å². The van der Waals surface area contributed by atoms with Crippen LogP contribution in [0, 0.1) is 5.82 Å². The number of nitrogens with one attached hydrogen (secondary N) is 1. The van der Waals surface area contributed by atoms with Gasteiger partial charge in [0.2, 0.25) is 0 Å². The van der Waals surface area contributed by atoms with E-state index in [2.05, 4.69) is 10.3 Å². The molecule has 1 N–H and O–H groups in total. The molecule has 2 unspecified atom stereocenters. The lowest BCUT2D eigenvalue weighted by Crippen LogP contribution is -2.20. The number of rotatable bonds is 2. The van der Waals surface area contributed by atoms with Gasteiger partial charge in [-0.3, -0.25) is 0 Å². The monoisotopic (exact) mass is 345 g/mol. The number of nitrogens with zero attached hydrogens (tertiary/aromatic N) is 2. The van der Waals surface area contributed by atoms with E-state index in [9.17, 15) is 13.2 Å². The highest BCUT2D eigenvalue weighted by molar-refractivity contribution is 5.77. The maximum atomic E-state index is 13.5. The largest absolute Gasteiger partial charge is 0.434 e. The van der Waals surface area contributed by atoms with Crippen LogP contribution >= 0.6 is 0 Å². The predicted molar refractivity (Wildman–Crippen MR) is 85.1 cm³/mol. The van der Waals surface area contributed by atoms with Crippen molar-refractivity contribution < 1.29 is 17.9 Å². The molecule has 5 rings (SSSR count). The van der Waals surface area contributed by atoms with Gasteiger partial charge >= 0.3 is 6.61 Å². The molecule has 0 amide bonds. The summed E-state index contributed by atoms with van der Waals surface area (Å²) in [5, 5.41) is 3.42. The van der Waals surface area contributed by atoms with Gasteiger partial charge in [-0.2, -0.15) is 8.78 Å². The SMILES string of the molecule is Fc1ccc2c(c1)nc1n2C2CC1NCc1cccc(OC(F)F)c12. The number of hydrogen-bond acceptors (Lipinski definition) is 3. The molecule has 25 heavy (non-hydrogen) atoms. The summed E-state index contributed by atoms with van der Waals surface area (Å²) in [5.74, 6) is 0.655. The Kier molecular flexibility index (Phi) is 3.09. The van der Waals surface area contributed by atoms with Crippen LogP contribution in [0.2, 0.25) is 0 Å². The number of hydrogen-bond donors (Lipinski definition) is 1. The van der Waals surface area contributed by atoms with Crippen molar-refractivity contribution in [3.8, 4) is 5.75 Å². The van der Waals surface area contributed by atoms with Gasteiger partial charge < -0.3 is 14.6 Å². The Balaban J connectivity index is 1.75. The molecule has 4 nitrogen and oxygen atoms in total. The number of alkyl halides is 2. The summed E-state index contributed by atoms with van der Waals surface area (Å²) < 4.78 is 46.1. The van der Waals surface area contributed by atoms with Crippen LogP contribution in [-0.4, -0.2) is 16.2 Å². The Hall–Kier alpha value is -2.54. The van der Waals surface area contributed by atoms with Crippen molar-refractivity contribution in [1.82, 2.24) is 14.9 Å². The van der Waals surface area contributed by atoms with Crippen molar-refractivity contribution in [1.29, 1.82) is 0 Å². The number of ether oxygens (including phenoxy) is 1. The first-order valence-corrected chi connectivity index (χ1v) is 8.09. The first kappa shape index (κ1) is 14.8. The van der Waals surface area contributed by atoms with Crippen molar-refractivity contribution in [2.75, 3.05) is 0 Å². The van der Waals surface area contributed by atoms with Crippen molar-refractivity contribution >= 4 is 11.0 Å². The number of halogens is 3. The molecule has 2 aliphatic rings. The molecule has 0 spiro atoms. The third-order valence-electron chi connectivity index (χ3n) is 5.01. The molecule has 0 radical (unpaired) electrons. The molecule has 3 aromatic rings. The van der Waals surface area contributed by atoms with Crippen molar-refractivity contribution in [3.05, 3.63) is 59.2 Å². The summed E-state index contributed by atoms with van der Waals surface area (Å²) >= 11 is 0. The van der Waals surface area contributed by atoms with E-state index in [-0.39, 0.29) is 23.7 Å². The second-order valence-corrected chi connectivity index (χ2v) is 6.37. The summed E-state index contributed by atoms with van der Waals surface area (Å²) in [4.78, 5) is 4.57. The average Bonchev–Trinajstić information content (AvgIpc) is 3.01. The standard InChI is InChI=1S/C18H14F3N3O/c19-10-4-5-13-11(6-10)23-17-12-7-14(24(13)17)16-9(8-22-12)2-1-3-15(16)25-18(20)21/h1-6,12,14,18,22H,7-8H2. The average molecular weight is 345 g/mol. The molecule has 0 saturated heterocycles. The molecule has 128 valence electrons. The Labute approximate surface area is 141 Å². The third-order valence-corrected chi connectivity index (χ3v) is 5.01. The van der Waals surface area contributed by atoms with Crippen LogP contribution in [0.25, 0.3) is 11.0 Å². The Morgan fingerprint density at radius 3 is 2.96 bits per heavy atom. The smallest absolute Gasteiger partial charge is 0.387 e. The fourth-order valence-electron chi connectivity index (χ4n) is 4.07. The summed E-state index contributed by atoms with van der Waals surface area (Å²) in [6.07, 6.45) is 0.701. The van der Waals surface area contributed by atoms with Crippen LogP contribution in [-0.2, 0) is 6.54 Å². The van der Waals surface area contributed by atoms with Gasteiger partial charge in [0.15, 0.2) is 0 Å². The lowest BCUT2D eigenvalue weighted by Gasteiger charge is -2.21. The molecule has 2 bridgehead atoms. The maximum absolute atomic E-state index is 13.5. The zero-order chi connectivity index (χ0) is 17.1. The quantitative estimate of drug-likeness (QED) is 0.765. The maximum Gasteiger partial charge on any atom is 0.387 e. The van der Waals surface area contributed by atoms with Crippen LogP contribution < -0.4 is 10.1 Å². The summed E-state index contributed by atoms with van der Waals surface area (Å²) in [5.41, 5.74) is 3.05. The molecule has 2 aliphatic heterocycles. The van der Waals surface area contributed by atoms with E-state index < -0.39 is 6.61 Å². The third kappa shape index (κ3) is 2.15. The van der Waals surface area contributed by atoms with Gasteiger partial charge in [0.1, 0.15) is 17.4 Å². The van der Waals surface area contributed by atoms with Gasteiger partial charge in [0, 0.05) is 18.2 Å². The van der Waals surface area contributed by atoms with E-state index in [0.29, 0.717) is 18.5 Å². The molecule has 2 atom stereocenters. The zero-order valence-electron chi connectivity index (χ0n) is 13.0. The van der Waals surface area contributed by atoms with Crippen molar-refractivity contribution in [3.63, 3.8) is 0 Å². The minimum absolute atomic E-state index is 0.00717. The summed E-state index contributed by atoms with van der Waals surface area (Å²) in [6.45, 7) is -2.33. The van der Waals surface area contributed by atoms with Crippen molar-refractivity contribution in [2.45, 2.75) is 31.7 Å². The highest BCUT2D eigenvalue weighted by Crippen LogP contribution is 2.47. The molecular weight excluding hydrogens is 331 g/mol. The minimum atomic E-state index is -2.88. The van der Waals surface area contributed by atoms with Crippen molar-refractivity contribution in [2.24, 2.45) is 0 Å². The van der Waals surface area contributed by atoms with E-state index >= 15 is 0 Å². The summed E-state index contributed by atoms with van der Waals surface area (Å²) in [6, 6.07) is 9.51. The zero-order valence-corrected chi connectivity index (χ0v) is 13.0. The van der Waals surface area contributed by atoms with Gasteiger partial charge in [-0.1, -0.05) is 12.1 Å². The minimum Gasteiger partial charge on any atom is -0.434 e. The van der Waals surface area contributed by atoms with Crippen LogP contribution in [0.4, 0.5) is 13.2 Å². The molecular formula is C18H14F3N3O. The predicted octanol–water partition coefficient (Wildman–Crippen LogP) is 3.91. The Bertz CT molecular complexity index is 985. The molecule has 2 aromatic carbocycles. The van der Waals surface area contributed by atoms with E-state index in [1.807, 2.05) is 10.6 Å². The van der Waals surface area contributed by atoms with Gasteiger partial charge in [0.25, 0.3) is 0 Å². The molecule has 1 aromatic heterocycles. The topological polar surface area (TPSA) is 39.1 Å². The van der Waals surface area contributed by atoms with Gasteiger partial charge in [0.05, 0.1) is 23.1 Å². The Morgan fingerprint density at radius 1 is 1.24 bits per heavy atom. The van der Waals surface area contributed by atoms with Crippen LogP contribution in [0.15, 0.2) is 36.4 Å². The lowest BCUT2D eigenvalue weighted by atomic mass is 9.98. The number of aromatic nitrogens is 2. The molecule has 0 saturated carbocycles. The molecule has 3 heterocycles. The second kappa shape index (κ2) is 5.23. The number of fused-ring (bicyclic) bond motifs is 9. The van der Waals surface area contributed by atoms with E-state index in [4.69, 9.17) is 4.74 Å². The van der Waals surface area contributed by atoms with E-state index in [1.165, 1.54) is 12.1 Å². The van der Waals surface area contributed by atoms with Gasteiger partial charge in [-0.05, 0) is 30.2 Å². The first-order valence-electron chi connectivity index (χ1n) is 8.09. The highest BCUT2D eigenvalue weighted by Gasteiger charge is 2.39. The summed E-state index contributed by atoms with van der Waals surface area (Å²) in [7, 11) is 0. The molecule has 0 aliphatic carbocycles. The fourth-order valence-corrected chi connectivity index (χ4v) is 4.07. The molecule has 0 fully saturated rings. The van der Waals surface area contributed by atoms with Crippen LogP contribution in [0.1, 0.15) is 35.5 Å². The lowest BCUT2D eigenvalue weighted by molar-refractivity contribution is -0.0507. The van der Waals surface area contributed by atoms with Gasteiger partial charge in [-0.15, -0.1) is 0 Å². The van der Waals surface area contributed by atoms with Gasteiger partial charge in [-0.25, -0.2) is 9.37 Å². The van der Waals surface area contributed by atoms with E-state index in [0.717, 1.165) is 22.5 Å². The fraction of sp³-hybridized carbons (Fsp3) is 0.278. The molecule has 7 heteroatoms. The number of benzene rings is 2. The number of imidazole rings is 1. The van der Waals surface area contributed by atoms with E-state index in [1.54, 1.807) is 18.2 Å². The van der Waals surface area contributed by atoms with Crippen LogP contribution in [0.3, 0.4) is 0 Å². The first-order chi connectivity index (χ1) is 12.1. The highest BCUT2D eigenvalue weighted by atomic mass is 19.3.